The molecule has 11 heteroatoms. The molecule has 3 heterocycles. The Bertz CT molecular complexity index is 1580. The quantitative estimate of drug-likeness (QED) is 0.246. The molecule has 5 rings (SSSR count). The predicted octanol–water partition coefficient (Wildman–Crippen LogP) is 6.50. The summed E-state index contributed by atoms with van der Waals surface area (Å²) in [5, 5.41) is 20.0. The van der Waals surface area contributed by atoms with Crippen molar-refractivity contribution in [2.75, 3.05) is 5.32 Å². The van der Waals surface area contributed by atoms with Crippen molar-refractivity contribution in [1.82, 2.24) is 15.0 Å². The van der Waals surface area contributed by atoms with E-state index in [1.165, 1.54) is 39.5 Å². The van der Waals surface area contributed by atoms with Gasteiger partial charge in [0.25, 0.3) is 0 Å². The molecule has 188 valence electrons. The van der Waals surface area contributed by atoms with Crippen LogP contribution in [-0.4, -0.2) is 32.2 Å². The molecule has 0 spiro atoms. The number of carbonyl (C=O) groups excluding carboxylic acids is 1. The van der Waals surface area contributed by atoms with Crippen LogP contribution >= 0.6 is 22.7 Å². The summed E-state index contributed by atoms with van der Waals surface area (Å²) >= 11 is 2.97. The van der Waals surface area contributed by atoms with E-state index in [1.807, 2.05) is 42.5 Å². The third-order valence-electron chi connectivity index (χ3n) is 5.72. The first kappa shape index (κ1) is 24.6. The summed E-state index contributed by atoms with van der Waals surface area (Å²) in [7, 11) is 1.68. The number of nitrogens with zero attached hydrogens (tertiary/aromatic N) is 3. The van der Waals surface area contributed by atoms with E-state index in [0.29, 0.717) is 17.1 Å². The van der Waals surface area contributed by atoms with Crippen LogP contribution in [0.15, 0.2) is 60.7 Å². The second kappa shape index (κ2) is 10.1. The number of carboxylic acids is 1. The fourth-order valence-corrected chi connectivity index (χ4v) is 6.22. The minimum Gasteiger partial charge on any atom is -0.481 e. The van der Waals surface area contributed by atoms with Crippen LogP contribution in [0.3, 0.4) is 0 Å². The number of rotatable bonds is 7. The van der Waals surface area contributed by atoms with Crippen LogP contribution in [0, 0.1) is 5.82 Å². The number of ether oxygens (including phenoxy) is 1. The maximum Gasteiger partial charge on any atom is 0.413 e. The van der Waals surface area contributed by atoms with Crippen molar-refractivity contribution >= 4 is 50.0 Å². The lowest BCUT2D eigenvalue weighted by Crippen LogP contribution is -2.18. The van der Waals surface area contributed by atoms with Gasteiger partial charge in [0.1, 0.15) is 17.6 Å². The van der Waals surface area contributed by atoms with Gasteiger partial charge in [-0.1, -0.05) is 47.7 Å². The lowest BCUT2D eigenvalue weighted by Gasteiger charge is -2.14. The van der Waals surface area contributed by atoms with E-state index >= 15 is 0 Å². The lowest BCUT2D eigenvalue weighted by molar-refractivity contribution is -0.136. The summed E-state index contributed by atoms with van der Waals surface area (Å²) in [4.78, 5) is 25.2. The molecule has 0 fully saturated rings. The van der Waals surface area contributed by atoms with Gasteiger partial charge in [-0.2, -0.15) is 0 Å². The van der Waals surface area contributed by atoms with Crippen molar-refractivity contribution in [1.29, 1.82) is 0 Å². The molecular weight excluding hydrogens is 515 g/mol. The summed E-state index contributed by atoms with van der Waals surface area (Å²) in [5.74, 6) is -1.20. The molecule has 5 aromatic rings. The molecular formula is C26H21FN4O4S2. The van der Waals surface area contributed by atoms with Crippen molar-refractivity contribution in [3.63, 3.8) is 0 Å². The molecule has 3 aromatic heterocycles. The van der Waals surface area contributed by atoms with Gasteiger partial charge >= 0.3 is 12.1 Å². The maximum atomic E-state index is 14.4. The SMILES string of the molecule is CC(OC(=O)Nc1c(-c2cc3sc(-c4ccc(CC(=O)O)c(F)c4)cc3s2)nnn1C)c1ccccc1. The molecule has 8 nitrogen and oxygen atoms in total. The predicted molar refractivity (Wildman–Crippen MR) is 141 cm³/mol. The minimum absolute atomic E-state index is 0.149. The van der Waals surface area contributed by atoms with Gasteiger partial charge in [-0.25, -0.2) is 13.9 Å². The number of carbonyl (C=O) groups is 2. The van der Waals surface area contributed by atoms with E-state index in [0.717, 1.165) is 24.7 Å². The Balaban J connectivity index is 1.35. The summed E-state index contributed by atoms with van der Waals surface area (Å²) in [6.07, 6.45) is -1.40. The number of nitrogens with one attached hydrogen (secondary N) is 1. The van der Waals surface area contributed by atoms with Crippen LogP contribution in [0.5, 0.6) is 0 Å². The second-order valence-corrected chi connectivity index (χ2v) is 10.5. The Morgan fingerprint density at radius 2 is 1.78 bits per heavy atom. The largest absolute Gasteiger partial charge is 0.481 e. The Morgan fingerprint density at radius 3 is 2.49 bits per heavy atom. The summed E-state index contributed by atoms with van der Waals surface area (Å²) in [6.45, 7) is 1.80. The zero-order valence-electron chi connectivity index (χ0n) is 19.8. The number of aromatic nitrogens is 3. The van der Waals surface area contributed by atoms with Crippen LogP contribution in [0.25, 0.3) is 30.4 Å². The van der Waals surface area contributed by atoms with Crippen molar-refractivity contribution < 1.29 is 23.8 Å². The zero-order chi connectivity index (χ0) is 26.1. The first-order valence-corrected chi connectivity index (χ1v) is 12.9. The Kier molecular flexibility index (Phi) is 6.72. The molecule has 0 saturated heterocycles. The van der Waals surface area contributed by atoms with Gasteiger partial charge in [-0.15, -0.1) is 27.8 Å². The molecule has 1 amide bonds. The summed E-state index contributed by atoms with van der Waals surface area (Å²) in [5.41, 5.74) is 2.23. The Labute approximate surface area is 218 Å². The van der Waals surface area contributed by atoms with Crippen molar-refractivity contribution in [2.24, 2.45) is 7.05 Å². The topological polar surface area (TPSA) is 106 Å². The normalized spacial score (nSPS) is 12.0. The van der Waals surface area contributed by atoms with Gasteiger partial charge in [-0.3, -0.25) is 10.1 Å². The molecule has 0 aliphatic rings. The number of halogens is 1. The molecule has 1 unspecified atom stereocenters. The highest BCUT2D eigenvalue weighted by atomic mass is 32.1. The van der Waals surface area contributed by atoms with Crippen LogP contribution in [0.4, 0.5) is 15.0 Å². The third-order valence-corrected chi connectivity index (χ3v) is 8.07. The molecule has 2 N–H and O–H groups in total. The van der Waals surface area contributed by atoms with Crippen LogP contribution in [-0.2, 0) is 23.0 Å². The molecule has 0 saturated carbocycles. The standard InChI is InChI=1S/C26H21FN4O4S2/c1-14(15-6-4-3-5-7-15)35-26(34)28-25-24(29-30-31(25)2)22-13-21-20(37-22)12-19(36-21)17-9-8-16(11-23(32)33)18(27)10-17/h3-10,12-14H,11H2,1-2H3,(H,28,34)(H,32,33). The molecule has 1 atom stereocenters. The van der Waals surface area contributed by atoms with Crippen LogP contribution in [0.1, 0.15) is 24.2 Å². The Morgan fingerprint density at radius 1 is 1.08 bits per heavy atom. The van der Waals surface area contributed by atoms with Gasteiger partial charge in [0, 0.05) is 21.3 Å². The zero-order valence-corrected chi connectivity index (χ0v) is 21.4. The van der Waals surface area contributed by atoms with Crippen LogP contribution in [0.2, 0.25) is 0 Å². The fraction of sp³-hybridized carbons (Fsp3) is 0.154. The molecule has 2 aromatic carbocycles. The monoisotopic (exact) mass is 536 g/mol. The van der Waals surface area contributed by atoms with Gasteiger partial charge in [0.2, 0.25) is 0 Å². The second-order valence-electron chi connectivity index (χ2n) is 8.32. The van der Waals surface area contributed by atoms with Crippen molar-refractivity contribution in [2.45, 2.75) is 19.4 Å². The van der Waals surface area contributed by atoms with Crippen LogP contribution < -0.4 is 5.32 Å². The van der Waals surface area contributed by atoms with Gasteiger partial charge in [0.15, 0.2) is 5.82 Å². The number of carboxylic acid groups (broad SMARTS) is 1. The van der Waals surface area contributed by atoms with E-state index in [9.17, 15) is 14.0 Å². The van der Waals surface area contributed by atoms with E-state index < -0.39 is 24.0 Å². The Hall–Kier alpha value is -4.09. The van der Waals surface area contributed by atoms with E-state index in [4.69, 9.17) is 9.84 Å². The third kappa shape index (κ3) is 5.23. The number of aliphatic carboxylic acids is 1. The maximum absolute atomic E-state index is 14.4. The van der Waals surface area contributed by atoms with Gasteiger partial charge < -0.3 is 9.84 Å². The van der Waals surface area contributed by atoms with Crippen molar-refractivity contribution in [3.05, 3.63) is 77.6 Å². The van der Waals surface area contributed by atoms with E-state index in [2.05, 4.69) is 15.6 Å². The molecule has 0 radical (unpaired) electrons. The van der Waals surface area contributed by atoms with Crippen molar-refractivity contribution in [3.8, 4) is 21.0 Å². The van der Waals surface area contributed by atoms with Gasteiger partial charge in [0.05, 0.1) is 11.3 Å². The number of thiophene rings is 2. The highest BCUT2D eigenvalue weighted by Crippen LogP contribution is 2.42. The lowest BCUT2D eigenvalue weighted by atomic mass is 10.1. The number of benzene rings is 2. The first-order chi connectivity index (χ1) is 17.8. The molecule has 37 heavy (non-hydrogen) atoms. The van der Waals surface area contributed by atoms with E-state index in [-0.39, 0.29) is 12.0 Å². The molecule has 0 aliphatic carbocycles. The number of anilines is 1. The summed E-state index contributed by atoms with van der Waals surface area (Å²) in [6, 6.07) is 18.0. The number of amides is 1. The average Bonchev–Trinajstić information content (AvgIpc) is 3.54. The minimum atomic E-state index is -1.08. The smallest absolute Gasteiger partial charge is 0.413 e. The summed E-state index contributed by atoms with van der Waals surface area (Å²) < 4.78 is 23.3. The fourth-order valence-electron chi connectivity index (χ4n) is 3.84. The highest BCUT2D eigenvalue weighted by molar-refractivity contribution is 7.31. The first-order valence-electron chi connectivity index (χ1n) is 11.2. The molecule has 0 aliphatic heterocycles. The number of hydrogen-bond acceptors (Lipinski definition) is 7. The van der Waals surface area contributed by atoms with E-state index in [1.54, 1.807) is 20.0 Å². The number of hydrogen-bond donors (Lipinski definition) is 2. The molecule has 0 bridgehead atoms. The highest BCUT2D eigenvalue weighted by Gasteiger charge is 2.21. The number of aryl methyl sites for hydroxylation is 1. The van der Waals surface area contributed by atoms with Gasteiger partial charge in [-0.05, 0) is 41.8 Å². The average molecular weight is 537 g/mol. The number of fused-ring (bicyclic) bond motifs is 1.